The Morgan fingerprint density at radius 2 is 2.20 bits per heavy atom. The van der Waals surface area contributed by atoms with E-state index in [-0.39, 0.29) is 0 Å². The maximum atomic E-state index is 11.3. The molecule has 1 aliphatic rings. The number of rotatable bonds is 8. The van der Waals surface area contributed by atoms with E-state index < -0.39 is 11.9 Å². The molecule has 1 atom stereocenters. The number of nitrogens with zero attached hydrogens (tertiary/aromatic N) is 6. The minimum atomic E-state index is -0.787. The van der Waals surface area contributed by atoms with E-state index in [1.54, 1.807) is 12.4 Å². The third kappa shape index (κ3) is 4.18. The fourth-order valence-electron chi connectivity index (χ4n) is 3.49. The zero-order valence-corrected chi connectivity index (χ0v) is 17.1. The van der Waals surface area contributed by atoms with E-state index in [2.05, 4.69) is 20.4 Å². The number of aliphatic carboxylic acids is 1. The van der Waals surface area contributed by atoms with Crippen molar-refractivity contribution >= 4 is 34.6 Å². The van der Waals surface area contributed by atoms with Crippen molar-refractivity contribution in [1.29, 1.82) is 0 Å². The van der Waals surface area contributed by atoms with Gasteiger partial charge < -0.3 is 20.1 Å². The van der Waals surface area contributed by atoms with Gasteiger partial charge in [0.25, 0.3) is 0 Å². The molecule has 3 aromatic rings. The van der Waals surface area contributed by atoms with Crippen LogP contribution < -0.4 is 10.2 Å². The second-order valence-corrected chi connectivity index (χ2v) is 7.29. The molecule has 10 heteroatoms. The highest BCUT2D eigenvalue weighted by Crippen LogP contribution is 2.28. The number of pyridine rings is 1. The number of aryl methyl sites for hydroxylation is 1. The zero-order chi connectivity index (χ0) is 21.1. The summed E-state index contributed by atoms with van der Waals surface area (Å²) in [7, 11) is 0. The van der Waals surface area contributed by atoms with Crippen LogP contribution in [0.3, 0.4) is 0 Å². The van der Waals surface area contributed by atoms with Gasteiger partial charge in [-0.3, -0.25) is 9.48 Å². The second kappa shape index (κ2) is 8.62. The Balaban J connectivity index is 1.70. The van der Waals surface area contributed by atoms with Gasteiger partial charge in [-0.05, 0) is 31.9 Å². The molecule has 0 saturated carbocycles. The predicted molar refractivity (Wildman–Crippen MR) is 112 cm³/mol. The molecule has 3 aromatic heterocycles. The molecule has 0 amide bonds. The Morgan fingerprint density at radius 1 is 1.33 bits per heavy atom. The maximum Gasteiger partial charge on any atom is 0.308 e. The number of ether oxygens (including phenoxy) is 1. The van der Waals surface area contributed by atoms with E-state index >= 15 is 0 Å². The number of carbonyl (C=O) groups is 1. The van der Waals surface area contributed by atoms with Gasteiger partial charge >= 0.3 is 5.97 Å². The summed E-state index contributed by atoms with van der Waals surface area (Å²) in [6.07, 6.45) is 4.06. The van der Waals surface area contributed by atoms with Crippen LogP contribution in [0.25, 0.3) is 11.0 Å². The highest BCUT2D eigenvalue weighted by molar-refractivity contribution is 5.88. The lowest BCUT2D eigenvalue weighted by Crippen LogP contribution is -2.24. The minimum Gasteiger partial charge on any atom is -0.481 e. The molecule has 4 heterocycles. The average Bonchev–Trinajstić information content (AvgIpc) is 3.38. The van der Waals surface area contributed by atoms with Crippen LogP contribution in [0.15, 0.2) is 24.5 Å². The van der Waals surface area contributed by atoms with Crippen molar-refractivity contribution in [1.82, 2.24) is 24.7 Å². The van der Waals surface area contributed by atoms with Crippen molar-refractivity contribution in [3.05, 3.63) is 30.1 Å². The number of carboxylic acids is 1. The summed E-state index contributed by atoms with van der Waals surface area (Å²) >= 11 is 0. The molecular formula is C20H25N7O3. The molecule has 1 fully saturated rings. The zero-order valence-electron chi connectivity index (χ0n) is 17.1. The molecule has 2 N–H and O–H groups in total. The van der Waals surface area contributed by atoms with Crippen molar-refractivity contribution < 1.29 is 14.6 Å². The first kappa shape index (κ1) is 20.0. The van der Waals surface area contributed by atoms with Crippen molar-refractivity contribution in [3.8, 4) is 0 Å². The Morgan fingerprint density at radius 3 is 2.90 bits per heavy atom. The van der Waals surface area contributed by atoms with Crippen molar-refractivity contribution in [2.45, 2.75) is 26.8 Å². The Bertz CT molecular complexity index is 1030. The molecule has 30 heavy (non-hydrogen) atoms. The van der Waals surface area contributed by atoms with E-state index in [0.29, 0.717) is 62.4 Å². The topological polar surface area (TPSA) is 118 Å². The van der Waals surface area contributed by atoms with Gasteiger partial charge in [0, 0.05) is 25.9 Å². The average molecular weight is 411 g/mol. The van der Waals surface area contributed by atoms with Crippen LogP contribution in [0.1, 0.15) is 18.9 Å². The lowest BCUT2D eigenvalue weighted by molar-refractivity contribution is -0.140. The summed E-state index contributed by atoms with van der Waals surface area (Å²) in [5.41, 5.74) is 2.51. The molecule has 0 spiro atoms. The third-order valence-corrected chi connectivity index (χ3v) is 5.11. The van der Waals surface area contributed by atoms with E-state index in [4.69, 9.17) is 9.72 Å². The fraction of sp³-hybridized carbons (Fsp3) is 0.450. The number of hydrogen-bond acceptors (Lipinski definition) is 8. The van der Waals surface area contributed by atoms with Gasteiger partial charge in [-0.25, -0.2) is 9.97 Å². The predicted octanol–water partition coefficient (Wildman–Crippen LogP) is 2.22. The van der Waals surface area contributed by atoms with E-state index in [1.807, 2.05) is 35.6 Å². The van der Waals surface area contributed by atoms with Gasteiger partial charge in [-0.1, -0.05) is 6.07 Å². The number of hydrogen-bond donors (Lipinski definition) is 2. The third-order valence-electron chi connectivity index (χ3n) is 5.11. The first-order chi connectivity index (χ1) is 14.5. The summed E-state index contributed by atoms with van der Waals surface area (Å²) in [4.78, 5) is 27.0. The van der Waals surface area contributed by atoms with Crippen LogP contribution in [0.5, 0.6) is 0 Å². The highest BCUT2D eigenvalue weighted by Gasteiger charge is 2.30. The van der Waals surface area contributed by atoms with Crippen molar-refractivity contribution in [2.75, 3.05) is 36.5 Å². The number of anilines is 3. The highest BCUT2D eigenvalue weighted by atomic mass is 16.5. The molecule has 1 saturated heterocycles. The van der Waals surface area contributed by atoms with Crippen LogP contribution in [0.2, 0.25) is 0 Å². The van der Waals surface area contributed by atoms with Gasteiger partial charge in [-0.2, -0.15) is 10.1 Å². The van der Waals surface area contributed by atoms with E-state index in [9.17, 15) is 9.90 Å². The number of carboxylic acid groups (broad SMARTS) is 1. The van der Waals surface area contributed by atoms with Crippen LogP contribution >= 0.6 is 0 Å². The molecule has 0 unspecified atom stereocenters. The summed E-state index contributed by atoms with van der Waals surface area (Å²) < 4.78 is 7.28. The SMILES string of the molecule is CCOCCn1ncc2nc(N3CC[C@@H](C(=O)O)C3)nc(Nc3ccc(C)cn3)c21. The van der Waals surface area contributed by atoms with Gasteiger partial charge in [0.15, 0.2) is 5.82 Å². The van der Waals surface area contributed by atoms with Gasteiger partial charge in [0.1, 0.15) is 16.9 Å². The smallest absolute Gasteiger partial charge is 0.308 e. The molecular weight excluding hydrogens is 386 g/mol. The van der Waals surface area contributed by atoms with Crippen molar-refractivity contribution in [2.24, 2.45) is 5.92 Å². The summed E-state index contributed by atoms with van der Waals surface area (Å²) in [5.74, 6) is 0.538. The van der Waals surface area contributed by atoms with Crippen molar-refractivity contribution in [3.63, 3.8) is 0 Å². The van der Waals surface area contributed by atoms with Gasteiger partial charge in [-0.15, -0.1) is 0 Å². The van der Waals surface area contributed by atoms with Crippen LogP contribution in [0, 0.1) is 12.8 Å². The lowest BCUT2D eigenvalue weighted by Gasteiger charge is -2.17. The van der Waals surface area contributed by atoms with Gasteiger partial charge in [0.2, 0.25) is 5.95 Å². The molecule has 0 aliphatic carbocycles. The number of fused-ring (bicyclic) bond motifs is 1. The Hall–Kier alpha value is -3.27. The monoisotopic (exact) mass is 411 g/mol. The Kier molecular flexibility index (Phi) is 5.75. The van der Waals surface area contributed by atoms with Crippen LogP contribution in [-0.4, -0.2) is 62.1 Å². The van der Waals surface area contributed by atoms with E-state index in [1.165, 1.54) is 0 Å². The quantitative estimate of drug-likeness (QED) is 0.538. The molecule has 158 valence electrons. The first-order valence-corrected chi connectivity index (χ1v) is 10.0. The molecule has 0 aromatic carbocycles. The standard InChI is InChI=1S/C20H25N7O3/c1-3-30-9-8-27-17-15(11-22-27)23-20(26-7-6-14(12-26)19(28)29)25-18(17)24-16-5-4-13(2)10-21-16/h4-5,10-11,14H,3,6-9,12H2,1-2H3,(H,28,29)(H,21,23,24,25)/t14-/m1/s1. The number of nitrogens with one attached hydrogen (secondary N) is 1. The molecule has 4 rings (SSSR count). The molecule has 0 radical (unpaired) electrons. The largest absolute Gasteiger partial charge is 0.481 e. The minimum absolute atomic E-state index is 0.390. The first-order valence-electron chi connectivity index (χ1n) is 10.0. The second-order valence-electron chi connectivity index (χ2n) is 7.29. The molecule has 0 bridgehead atoms. The summed E-state index contributed by atoms with van der Waals surface area (Å²) in [6, 6.07) is 3.86. The summed E-state index contributed by atoms with van der Waals surface area (Å²) in [6.45, 7) is 6.66. The molecule has 10 nitrogen and oxygen atoms in total. The fourth-order valence-corrected chi connectivity index (χ4v) is 3.49. The Labute approximate surface area is 173 Å². The number of aromatic nitrogens is 5. The normalized spacial score (nSPS) is 16.3. The lowest BCUT2D eigenvalue weighted by atomic mass is 10.1. The van der Waals surface area contributed by atoms with Crippen LogP contribution in [0.4, 0.5) is 17.6 Å². The maximum absolute atomic E-state index is 11.3. The van der Waals surface area contributed by atoms with Gasteiger partial charge in [0.05, 0.1) is 25.3 Å². The van der Waals surface area contributed by atoms with E-state index in [0.717, 1.165) is 11.1 Å². The molecule has 1 aliphatic heterocycles. The summed E-state index contributed by atoms with van der Waals surface area (Å²) in [5, 5.41) is 17.1. The van der Waals surface area contributed by atoms with Crippen LogP contribution in [-0.2, 0) is 16.1 Å².